The van der Waals surface area contributed by atoms with Crippen LogP contribution in [-0.2, 0) is 11.3 Å². The number of amides is 1. The van der Waals surface area contributed by atoms with Crippen molar-refractivity contribution < 1.29 is 13.9 Å². The van der Waals surface area contributed by atoms with Crippen LogP contribution in [0.4, 0.5) is 4.79 Å². The predicted octanol–water partition coefficient (Wildman–Crippen LogP) is 1.60. The summed E-state index contributed by atoms with van der Waals surface area (Å²) in [5.74, 6) is 0.680. The van der Waals surface area contributed by atoms with Crippen LogP contribution in [0.2, 0.25) is 0 Å². The Kier molecular flexibility index (Phi) is 2.99. The van der Waals surface area contributed by atoms with Gasteiger partial charge < -0.3 is 19.4 Å². The predicted molar refractivity (Wildman–Crippen MR) is 65.0 cm³/mol. The van der Waals surface area contributed by atoms with Crippen LogP contribution in [0.15, 0.2) is 22.8 Å². The van der Waals surface area contributed by atoms with Crippen molar-refractivity contribution >= 4 is 6.09 Å². The summed E-state index contributed by atoms with van der Waals surface area (Å²) in [6, 6.07) is 3.60. The fourth-order valence-corrected chi connectivity index (χ4v) is 2.85. The van der Waals surface area contributed by atoms with E-state index >= 15 is 0 Å². The minimum atomic E-state index is -0.227. The van der Waals surface area contributed by atoms with Crippen molar-refractivity contribution in [2.45, 2.75) is 19.4 Å². The van der Waals surface area contributed by atoms with Gasteiger partial charge in [0.05, 0.1) is 6.26 Å². The van der Waals surface area contributed by atoms with Crippen LogP contribution in [0.5, 0.6) is 0 Å². The molecule has 2 aliphatic heterocycles. The molecule has 0 aliphatic carbocycles. The fraction of sp³-hybridized carbons (Fsp3) is 0.615. The van der Waals surface area contributed by atoms with Crippen LogP contribution in [0.1, 0.15) is 18.6 Å². The first-order valence-electron chi connectivity index (χ1n) is 6.42. The molecule has 2 aliphatic rings. The maximum atomic E-state index is 11.9. The lowest BCUT2D eigenvalue weighted by molar-refractivity contribution is 0.0939. The zero-order valence-electron chi connectivity index (χ0n) is 10.4. The number of furan rings is 1. The summed E-state index contributed by atoms with van der Waals surface area (Å²) in [6.07, 6.45) is 3.60. The molecule has 3 rings (SSSR count). The third-order valence-corrected chi connectivity index (χ3v) is 3.95. The molecule has 1 spiro atoms. The Hall–Kier alpha value is -1.49. The standard InChI is InChI=1S/C13H18N2O3/c16-12(18-8-11-2-1-7-17-11)15-6-4-13(10-15)3-5-14-9-13/h1-2,7,14H,3-6,8-10H2. The van der Waals surface area contributed by atoms with Crippen molar-refractivity contribution in [3.63, 3.8) is 0 Å². The lowest BCUT2D eigenvalue weighted by Crippen LogP contribution is -2.33. The third kappa shape index (κ3) is 2.22. The molecule has 18 heavy (non-hydrogen) atoms. The molecular weight excluding hydrogens is 232 g/mol. The molecule has 1 N–H and O–H groups in total. The average molecular weight is 250 g/mol. The highest BCUT2D eigenvalue weighted by Gasteiger charge is 2.42. The number of hydrogen-bond donors (Lipinski definition) is 1. The summed E-state index contributed by atoms with van der Waals surface area (Å²) >= 11 is 0. The van der Waals surface area contributed by atoms with Gasteiger partial charge in [0.1, 0.15) is 5.76 Å². The second kappa shape index (κ2) is 4.65. The molecule has 1 atom stereocenters. The van der Waals surface area contributed by atoms with E-state index in [9.17, 15) is 4.79 Å². The highest BCUT2D eigenvalue weighted by molar-refractivity contribution is 5.68. The normalized spacial score (nSPS) is 27.0. The van der Waals surface area contributed by atoms with E-state index in [-0.39, 0.29) is 12.7 Å². The molecule has 0 aromatic carbocycles. The van der Waals surface area contributed by atoms with Gasteiger partial charge in [0, 0.05) is 25.0 Å². The topological polar surface area (TPSA) is 54.7 Å². The number of carbonyl (C=O) groups excluding carboxylic acids is 1. The third-order valence-electron chi connectivity index (χ3n) is 3.95. The van der Waals surface area contributed by atoms with Crippen LogP contribution >= 0.6 is 0 Å². The van der Waals surface area contributed by atoms with Crippen LogP contribution in [-0.4, -0.2) is 37.2 Å². The Morgan fingerprint density at radius 2 is 2.50 bits per heavy atom. The van der Waals surface area contributed by atoms with Crippen molar-refractivity contribution in [2.24, 2.45) is 5.41 Å². The van der Waals surface area contributed by atoms with E-state index in [4.69, 9.17) is 9.15 Å². The monoisotopic (exact) mass is 250 g/mol. The first kappa shape index (κ1) is 11.6. The van der Waals surface area contributed by atoms with Gasteiger partial charge in [-0.05, 0) is 31.5 Å². The summed E-state index contributed by atoms with van der Waals surface area (Å²) in [7, 11) is 0. The van der Waals surface area contributed by atoms with Gasteiger partial charge in [-0.15, -0.1) is 0 Å². The quantitative estimate of drug-likeness (QED) is 0.866. The molecule has 1 unspecified atom stereocenters. The maximum Gasteiger partial charge on any atom is 0.410 e. The Morgan fingerprint density at radius 1 is 1.56 bits per heavy atom. The van der Waals surface area contributed by atoms with Gasteiger partial charge in [-0.25, -0.2) is 4.79 Å². The number of ether oxygens (including phenoxy) is 1. The smallest absolute Gasteiger partial charge is 0.410 e. The van der Waals surface area contributed by atoms with Crippen molar-refractivity contribution in [2.75, 3.05) is 26.2 Å². The molecule has 0 radical (unpaired) electrons. The molecule has 98 valence electrons. The molecule has 2 fully saturated rings. The van der Waals surface area contributed by atoms with E-state index in [2.05, 4.69) is 5.32 Å². The first-order chi connectivity index (χ1) is 8.77. The van der Waals surface area contributed by atoms with Crippen molar-refractivity contribution in [1.82, 2.24) is 10.2 Å². The summed E-state index contributed by atoms with van der Waals surface area (Å²) < 4.78 is 10.4. The number of likely N-dealkylation sites (tertiary alicyclic amines) is 1. The average Bonchev–Trinajstić information content (AvgIpc) is 3.10. The zero-order chi connectivity index (χ0) is 12.4. The molecule has 5 heteroatoms. The molecule has 5 nitrogen and oxygen atoms in total. The maximum absolute atomic E-state index is 11.9. The Labute approximate surface area is 106 Å². The summed E-state index contributed by atoms with van der Waals surface area (Å²) in [5, 5.41) is 3.38. The van der Waals surface area contributed by atoms with E-state index in [1.165, 1.54) is 0 Å². The first-order valence-corrected chi connectivity index (χ1v) is 6.42. The number of hydrogen-bond acceptors (Lipinski definition) is 4. The van der Waals surface area contributed by atoms with Gasteiger partial charge in [-0.2, -0.15) is 0 Å². The van der Waals surface area contributed by atoms with E-state index in [0.29, 0.717) is 11.2 Å². The van der Waals surface area contributed by atoms with E-state index in [1.54, 1.807) is 18.4 Å². The highest BCUT2D eigenvalue weighted by Crippen LogP contribution is 2.36. The van der Waals surface area contributed by atoms with Crippen LogP contribution in [0.25, 0.3) is 0 Å². The number of nitrogens with one attached hydrogen (secondary N) is 1. The largest absolute Gasteiger partial charge is 0.466 e. The van der Waals surface area contributed by atoms with Crippen LogP contribution in [0, 0.1) is 5.41 Å². The minimum Gasteiger partial charge on any atom is -0.466 e. The molecule has 0 saturated carbocycles. The molecule has 1 amide bonds. The number of rotatable bonds is 2. The molecule has 1 aromatic rings. The minimum absolute atomic E-state index is 0.216. The second-order valence-corrected chi connectivity index (χ2v) is 5.23. The van der Waals surface area contributed by atoms with Crippen molar-refractivity contribution in [3.05, 3.63) is 24.2 Å². The van der Waals surface area contributed by atoms with Crippen LogP contribution < -0.4 is 5.32 Å². The van der Waals surface area contributed by atoms with Crippen molar-refractivity contribution in [3.8, 4) is 0 Å². The summed E-state index contributed by atoms with van der Waals surface area (Å²) in [4.78, 5) is 13.7. The fourth-order valence-electron chi connectivity index (χ4n) is 2.85. The van der Waals surface area contributed by atoms with Gasteiger partial charge in [0.2, 0.25) is 0 Å². The van der Waals surface area contributed by atoms with Gasteiger partial charge >= 0.3 is 6.09 Å². The Morgan fingerprint density at radius 3 is 3.22 bits per heavy atom. The highest BCUT2D eigenvalue weighted by atomic mass is 16.6. The lowest BCUT2D eigenvalue weighted by atomic mass is 9.87. The van der Waals surface area contributed by atoms with Crippen molar-refractivity contribution in [1.29, 1.82) is 0 Å². The lowest BCUT2D eigenvalue weighted by Gasteiger charge is -2.22. The molecular formula is C13H18N2O3. The molecule has 2 saturated heterocycles. The SMILES string of the molecule is O=C(OCc1ccco1)N1CCC2(CCNC2)C1. The summed E-state index contributed by atoms with van der Waals surface area (Å²) in [5.41, 5.74) is 0.295. The summed E-state index contributed by atoms with van der Waals surface area (Å²) in [6.45, 7) is 3.92. The molecule has 1 aromatic heterocycles. The Bertz CT molecular complexity index is 410. The van der Waals surface area contributed by atoms with Gasteiger partial charge in [0.25, 0.3) is 0 Å². The van der Waals surface area contributed by atoms with E-state index in [0.717, 1.165) is 39.0 Å². The van der Waals surface area contributed by atoms with Gasteiger partial charge in [-0.3, -0.25) is 0 Å². The Balaban J connectivity index is 1.51. The molecule has 3 heterocycles. The van der Waals surface area contributed by atoms with E-state index in [1.807, 2.05) is 4.90 Å². The number of carbonyl (C=O) groups is 1. The van der Waals surface area contributed by atoms with Gasteiger partial charge in [-0.1, -0.05) is 0 Å². The number of nitrogens with zero attached hydrogens (tertiary/aromatic N) is 1. The zero-order valence-corrected chi connectivity index (χ0v) is 10.4. The van der Waals surface area contributed by atoms with Crippen LogP contribution in [0.3, 0.4) is 0 Å². The van der Waals surface area contributed by atoms with E-state index < -0.39 is 0 Å². The van der Waals surface area contributed by atoms with Gasteiger partial charge in [0.15, 0.2) is 6.61 Å². The second-order valence-electron chi connectivity index (χ2n) is 5.23. The molecule has 0 bridgehead atoms.